The fraction of sp³-hybridized carbons (Fsp3) is 0.429. The Morgan fingerprint density at radius 2 is 1.89 bits per heavy atom. The Kier molecular flexibility index (Phi) is 3.65. The number of hydrogen-bond donors (Lipinski definition) is 1. The third-order valence-corrected chi connectivity index (χ3v) is 3.35. The van der Waals surface area contributed by atoms with Gasteiger partial charge in [-0.1, -0.05) is 37.3 Å². The normalized spacial score (nSPS) is 24.0. The zero-order chi connectivity index (χ0) is 13.1. The standard InChI is InChI=1S/C14H18N2O2/c1-3-12-14(18)16(10(2)13(17)15-12)9-11-7-5-4-6-8-11/h4-8,10,12H,3,9H2,1-2H3,(H,15,17)/t10-,12?/m1/s1. The van der Waals surface area contributed by atoms with Crippen molar-refractivity contribution in [1.82, 2.24) is 10.2 Å². The monoisotopic (exact) mass is 246 g/mol. The fourth-order valence-electron chi connectivity index (χ4n) is 2.16. The van der Waals surface area contributed by atoms with Crippen molar-refractivity contribution in [2.24, 2.45) is 0 Å². The van der Waals surface area contributed by atoms with E-state index in [1.54, 1.807) is 11.8 Å². The molecule has 0 saturated carbocycles. The number of nitrogens with zero attached hydrogens (tertiary/aromatic N) is 1. The second kappa shape index (κ2) is 5.21. The van der Waals surface area contributed by atoms with Crippen molar-refractivity contribution in [2.75, 3.05) is 0 Å². The molecule has 18 heavy (non-hydrogen) atoms. The van der Waals surface area contributed by atoms with Gasteiger partial charge in [0.2, 0.25) is 11.8 Å². The van der Waals surface area contributed by atoms with E-state index < -0.39 is 6.04 Å². The number of carbonyl (C=O) groups is 2. The molecule has 1 aliphatic heterocycles. The molecule has 0 radical (unpaired) electrons. The van der Waals surface area contributed by atoms with Crippen LogP contribution in [-0.4, -0.2) is 28.8 Å². The number of piperazine rings is 1. The Hall–Kier alpha value is -1.84. The van der Waals surface area contributed by atoms with E-state index in [1.165, 1.54) is 0 Å². The van der Waals surface area contributed by atoms with Crippen LogP contribution in [0.2, 0.25) is 0 Å². The van der Waals surface area contributed by atoms with Gasteiger partial charge in [-0.2, -0.15) is 0 Å². The van der Waals surface area contributed by atoms with E-state index in [9.17, 15) is 9.59 Å². The van der Waals surface area contributed by atoms with E-state index in [-0.39, 0.29) is 17.9 Å². The van der Waals surface area contributed by atoms with Gasteiger partial charge in [0.25, 0.3) is 0 Å². The highest BCUT2D eigenvalue weighted by Crippen LogP contribution is 2.15. The molecule has 1 aromatic rings. The molecule has 1 N–H and O–H groups in total. The third-order valence-electron chi connectivity index (χ3n) is 3.35. The van der Waals surface area contributed by atoms with Gasteiger partial charge in [-0.05, 0) is 18.9 Å². The molecule has 0 spiro atoms. The summed E-state index contributed by atoms with van der Waals surface area (Å²) in [6.07, 6.45) is 0.628. The SMILES string of the molecule is CCC1NC(=O)[C@@H](C)N(Cc2ccccc2)C1=O. The average Bonchev–Trinajstić information content (AvgIpc) is 2.40. The van der Waals surface area contributed by atoms with Crippen molar-refractivity contribution in [3.05, 3.63) is 35.9 Å². The maximum atomic E-state index is 12.2. The van der Waals surface area contributed by atoms with Gasteiger partial charge in [-0.25, -0.2) is 0 Å². The minimum atomic E-state index is -0.402. The first-order valence-electron chi connectivity index (χ1n) is 6.28. The molecular weight excluding hydrogens is 228 g/mol. The highest BCUT2D eigenvalue weighted by Gasteiger charge is 2.36. The predicted octanol–water partition coefficient (Wildman–Crippen LogP) is 1.31. The number of amides is 2. The van der Waals surface area contributed by atoms with E-state index in [0.29, 0.717) is 13.0 Å². The molecule has 4 nitrogen and oxygen atoms in total. The van der Waals surface area contributed by atoms with Crippen molar-refractivity contribution >= 4 is 11.8 Å². The quantitative estimate of drug-likeness (QED) is 0.874. The number of rotatable bonds is 3. The summed E-state index contributed by atoms with van der Waals surface area (Å²) in [4.78, 5) is 25.7. The summed E-state index contributed by atoms with van der Waals surface area (Å²) < 4.78 is 0. The molecule has 1 heterocycles. The minimum absolute atomic E-state index is 0.00783. The predicted molar refractivity (Wildman–Crippen MR) is 68.7 cm³/mol. The van der Waals surface area contributed by atoms with Crippen LogP contribution in [0.3, 0.4) is 0 Å². The number of carbonyl (C=O) groups excluding carboxylic acids is 2. The smallest absolute Gasteiger partial charge is 0.246 e. The Morgan fingerprint density at radius 1 is 1.22 bits per heavy atom. The second-order valence-corrected chi connectivity index (χ2v) is 4.60. The van der Waals surface area contributed by atoms with Crippen molar-refractivity contribution in [3.63, 3.8) is 0 Å². The van der Waals surface area contributed by atoms with Crippen LogP contribution in [0.25, 0.3) is 0 Å². The van der Waals surface area contributed by atoms with Gasteiger partial charge in [0, 0.05) is 6.54 Å². The van der Waals surface area contributed by atoms with E-state index in [0.717, 1.165) is 5.56 Å². The molecule has 4 heteroatoms. The Labute approximate surface area is 107 Å². The summed E-state index contributed by atoms with van der Waals surface area (Å²) in [5, 5.41) is 2.75. The van der Waals surface area contributed by atoms with Crippen LogP contribution in [0.4, 0.5) is 0 Å². The summed E-state index contributed by atoms with van der Waals surface area (Å²) in [7, 11) is 0. The fourth-order valence-corrected chi connectivity index (χ4v) is 2.16. The van der Waals surface area contributed by atoms with Gasteiger partial charge in [-0.3, -0.25) is 9.59 Å². The molecule has 0 aromatic heterocycles. The van der Waals surface area contributed by atoms with Gasteiger partial charge in [-0.15, -0.1) is 0 Å². The highest BCUT2D eigenvalue weighted by atomic mass is 16.2. The molecule has 1 fully saturated rings. The summed E-state index contributed by atoms with van der Waals surface area (Å²) in [5.74, 6) is -0.0640. The second-order valence-electron chi connectivity index (χ2n) is 4.60. The molecule has 1 unspecified atom stereocenters. The lowest BCUT2D eigenvalue weighted by Gasteiger charge is -2.37. The van der Waals surface area contributed by atoms with Crippen LogP contribution in [-0.2, 0) is 16.1 Å². The summed E-state index contributed by atoms with van der Waals surface area (Å²) in [6.45, 7) is 4.16. The lowest BCUT2D eigenvalue weighted by atomic mass is 10.1. The molecule has 96 valence electrons. The Balaban J connectivity index is 2.18. The van der Waals surface area contributed by atoms with E-state index >= 15 is 0 Å². The van der Waals surface area contributed by atoms with E-state index in [2.05, 4.69) is 5.32 Å². The molecule has 2 atom stereocenters. The van der Waals surface area contributed by atoms with Crippen LogP contribution in [0.1, 0.15) is 25.8 Å². The maximum absolute atomic E-state index is 12.2. The van der Waals surface area contributed by atoms with Crippen LogP contribution in [0.5, 0.6) is 0 Å². The summed E-state index contributed by atoms with van der Waals surface area (Å²) in [6, 6.07) is 8.96. The van der Waals surface area contributed by atoms with Gasteiger partial charge in [0.05, 0.1) is 0 Å². The van der Waals surface area contributed by atoms with Gasteiger partial charge in [0.1, 0.15) is 12.1 Å². The van der Waals surface area contributed by atoms with Crippen LogP contribution in [0, 0.1) is 0 Å². The molecule has 0 aliphatic carbocycles. The zero-order valence-corrected chi connectivity index (χ0v) is 10.7. The molecule has 2 rings (SSSR count). The summed E-state index contributed by atoms with van der Waals surface area (Å²) in [5.41, 5.74) is 1.04. The molecule has 1 aromatic carbocycles. The first-order valence-corrected chi connectivity index (χ1v) is 6.28. The van der Waals surface area contributed by atoms with Crippen molar-refractivity contribution in [1.29, 1.82) is 0 Å². The lowest BCUT2D eigenvalue weighted by Crippen LogP contribution is -2.61. The third kappa shape index (κ3) is 2.37. The maximum Gasteiger partial charge on any atom is 0.246 e. The van der Waals surface area contributed by atoms with E-state index in [4.69, 9.17) is 0 Å². The number of benzene rings is 1. The van der Waals surface area contributed by atoms with Crippen LogP contribution in [0.15, 0.2) is 30.3 Å². The average molecular weight is 246 g/mol. The lowest BCUT2D eigenvalue weighted by molar-refractivity contribution is -0.149. The molecule has 2 amide bonds. The zero-order valence-electron chi connectivity index (χ0n) is 10.7. The number of hydrogen-bond acceptors (Lipinski definition) is 2. The van der Waals surface area contributed by atoms with Crippen molar-refractivity contribution < 1.29 is 9.59 Å². The first kappa shape index (κ1) is 12.6. The minimum Gasteiger partial charge on any atom is -0.343 e. The summed E-state index contributed by atoms with van der Waals surface area (Å²) >= 11 is 0. The van der Waals surface area contributed by atoms with Crippen LogP contribution < -0.4 is 5.32 Å². The van der Waals surface area contributed by atoms with Crippen molar-refractivity contribution in [3.8, 4) is 0 Å². The Bertz CT molecular complexity index is 444. The highest BCUT2D eigenvalue weighted by molar-refractivity contribution is 5.96. The largest absolute Gasteiger partial charge is 0.343 e. The molecule has 1 aliphatic rings. The van der Waals surface area contributed by atoms with Crippen LogP contribution >= 0.6 is 0 Å². The Morgan fingerprint density at radius 3 is 2.50 bits per heavy atom. The van der Waals surface area contributed by atoms with E-state index in [1.807, 2.05) is 37.3 Å². The topological polar surface area (TPSA) is 49.4 Å². The van der Waals surface area contributed by atoms with Gasteiger partial charge >= 0.3 is 0 Å². The first-order chi connectivity index (χ1) is 8.63. The molecule has 0 bridgehead atoms. The van der Waals surface area contributed by atoms with Crippen molar-refractivity contribution in [2.45, 2.75) is 38.9 Å². The molecule has 1 saturated heterocycles. The number of nitrogens with one attached hydrogen (secondary N) is 1. The van der Waals surface area contributed by atoms with Gasteiger partial charge < -0.3 is 10.2 Å². The van der Waals surface area contributed by atoms with Gasteiger partial charge in [0.15, 0.2) is 0 Å². The molecular formula is C14H18N2O2.